The molecule has 2 aromatic carbocycles. The minimum absolute atomic E-state index is 0.0456. The molecule has 13 nitrogen and oxygen atoms in total. The number of halogens is 3. The van der Waals surface area contributed by atoms with E-state index in [4.69, 9.17) is 14.2 Å². The van der Waals surface area contributed by atoms with Gasteiger partial charge in [-0.15, -0.1) is 0 Å². The van der Waals surface area contributed by atoms with Gasteiger partial charge in [0, 0.05) is 61.9 Å². The number of carbonyl (C=O) groups excluding carboxylic acids is 2. The third-order valence-corrected chi connectivity index (χ3v) is 10.5. The lowest BCUT2D eigenvalue weighted by Gasteiger charge is -2.38. The summed E-state index contributed by atoms with van der Waals surface area (Å²) in [4.78, 5) is 39.8. The second kappa shape index (κ2) is 16.5. The fourth-order valence-electron chi connectivity index (χ4n) is 6.69. The first-order chi connectivity index (χ1) is 25.8. The summed E-state index contributed by atoms with van der Waals surface area (Å²) in [6, 6.07) is 13.0. The lowest BCUT2D eigenvalue weighted by Crippen LogP contribution is -2.52. The lowest BCUT2D eigenvalue weighted by atomic mass is 9.97. The molecule has 4 aromatic rings. The maximum atomic E-state index is 14.3. The summed E-state index contributed by atoms with van der Waals surface area (Å²) in [7, 11) is -3.70. The number of piperidine rings is 2. The zero-order chi connectivity index (χ0) is 38.5. The Morgan fingerprint density at radius 1 is 1.04 bits per heavy atom. The molecule has 0 aliphatic carbocycles. The average molecular weight is 771 g/mol. The highest BCUT2D eigenvalue weighted by molar-refractivity contribution is 7.91. The first-order valence-corrected chi connectivity index (χ1v) is 19.3. The Morgan fingerprint density at radius 2 is 1.78 bits per heavy atom. The number of nitrogens with zero attached hydrogens (tertiary/aromatic N) is 4. The highest BCUT2D eigenvalue weighted by Gasteiger charge is 2.37. The summed E-state index contributed by atoms with van der Waals surface area (Å²) in [5, 5.41) is 3.36. The van der Waals surface area contributed by atoms with E-state index in [0.29, 0.717) is 45.2 Å². The van der Waals surface area contributed by atoms with Gasteiger partial charge in [-0.25, -0.2) is 28.0 Å². The summed E-state index contributed by atoms with van der Waals surface area (Å²) in [6.45, 7) is 5.48. The number of rotatable bonds is 11. The van der Waals surface area contributed by atoms with Crippen molar-refractivity contribution >= 4 is 38.9 Å². The van der Waals surface area contributed by atoms with Crippen molar-refractivity contribution < 1.29 is 45.4 Å². The minimum atomic E-state index is -4.82. The third kappa shape index (κ3) is 9.31. The van der Waals surface area contributed by atoms with E-state index in [0.717, 1.165) is 11.8 Å². The molecule has 17 heteroatoms. The highest BCUT2D eigenvalue weighted by Crippen LogP contribution is 2.40. The quantitative estimate of drug-likeness (QED) is 0.166. The van der Waals surface area contributed by atoms with Crippen LogP contribution in [0.3, 0.4) is 0 Å². The molecule has 2 aliphatic heterocycles. The van der Waals surface area contributed by atoms with Gasteiger partial charge < -0.3 is 34.3 Å². The van der Waals surface area contributed by atoms with Crippen molar-refractivity contribution in [1.82, 2.24) is 24.8 Å². The Kier molecular flexibility index (Phi) is 11.8. The van der Waals surface area contributed by atoms with Gasteiger partial charge in [-0.3, -0.25) is 0 Å². The number of amides is 2. The van der Waals surface area contributed by atoms with E-state index in [2.05, 4.69) is 26.8 Å². The third-order valence-electron chi connectivity index (χ3n) is 9.40. The lowest BCUT2D eigenvalue weighted by molar-refractivity contribution is -0.137. The van der Waals surface area contributed by atoms with E-state index in [1.807, 2.05) is 30.3 Å². The van der Waals surface area contributed by atoms with Crippen LogP contribution in [0.15, 0.2) is 78.5 Å². The van der Waals surface area contributed by atoms with Gasteiger partial charge in [0.15, 0.2) is 9.84 Å². The van der Waals surface area contributed by atoms with Crippen molar-refractivity contribution in [2.24, 2.45) is 5.92 Å². The molecule has 2 amide bonds. The number of likely N-dealkylation sites (tertiary alicyclic amines) is 2. The number of para-hydroxylation sites is 1. The zero-order valence-electron chi connectivity index (χ0n) is 29.5. The van der Waals surface area contributed by atoms with Gasteiger partial charge in [0.1, 0.15) is 18.8 Å². The number of hydrogen-bond acceptors (Lipinski definition) is 10. The number of nitrogens with one attached hydrogen (secondary N) is 2. The predicted molar refractivity (Wildman–Crippen MR) is 193 cm³/mol. The fourth-order valence-corrected chi connectivity index (χ4v) is 7.56. The van der Waals surface area contributed by atoms with E-state index >= 15 is 0 Å². The molecule has 288 valence electrons. The van der Waals surface area contributed by atoms with E-state index in [1.54, 1.807) is 4.90 Å². The van der Waals surface area contributed by atoms with Gasteiger partial charge in [-0.05, 0) is 36.8 Å². The molecule has 0 bridgehead atoms. The molecule has 0 saturated carbocycles. The maximum absolute atomic E-state index is 14.3. The smallest absolute Gasteiger partial charge is 0.419 e. The molecular formula is C37H41F3N6O7S. The summed E-state index contributed by atoms with van der Waals surface area (Å²) in [5.41, 5.74) is -0.540. The standard InChI is InChI=1S/C37H41F3N6O7S/c1-3-16-51-35(47)45-14-12-25(13-15-45)22-52-27-17-26(20-46(21-27)36(48)53-23-24-8-5-4-6-9-24)43-34-42-19-30(37(38,39)40)32(44-34)29-18-41-33-28(29)10-7-11-31(33)54(2,49)50/h3-11,18-19,25-27,41H,1,12-17,20-23H2,2H3,(H,42,43,44)/t26-,27+/m0/s1. The van der Waals surface area contributed by atoms with Crippen LogP contribution in [-0.2, 0) is 36.8 Å². The van der Waals surface area contributed by atoms with E-state index in [9.17, 15) is 31.2 Å². The molecule has 0 spiro atoms. The zero-order valence-corrected chi connectivity index (χ0v) is 30.4. The Labute approximate surface area is 310 Å². The van der Waals surface area contributed by atoms with E-state index < -0.39 is 51.6 Å². The fraction of sp³-hybridized carbons (Fsp3) is 0.405. The average Bonchev–Trinajstić information content (AvgIpc) is 3.59. The molecule has 2 atom stereocenters. The summed E-state index contributed by atoms with van der Waals surface area (Å²) >= 11 is 0. The second-order valence-electron chi connectivity index (χ2n) is 13.4. The largest absolute Gasteiger partial charge is 0.445 e. The number of sulfone groups is 1. The van der Waals surface area contributed by atoms with E-state index in [-0.39, 0.29) is 59.5 Å². The number of H-pyrrole nitrogens is 1. The first-order valence-electron chi connectivity index (χ1n) is 17.4. The molecule has 2 aromatic heterocycles. The molecular weight excluding hydrogens is 730 g/mol. The van der Waals surface area contributed by atoms with Crippen LogP contribution in [0, 0.1) is 5.92 Å². The van der Waals surface area contributed by atoms with Gasteiger partial charge in [0.2, 0.25) is 5.95 Å². The van der Waals surface area contributed by atoms with Crippen molar-refractivity contribution in [3.63, 3.8) is 0 Å². The topological polar surface area (TPSA) is 156 Å². The normalized spacial score (nSPS) is 18.4. The van der Waals surface area contributed by atoms with Crippen LogP contribution in [-0.4, -0.2) is 103 Å². The van der Waals surface area contributed by atoms with Gasteiger partial charge in [0.05, 0.1) is 28.8 Å². The number of aromatic nitrogens is 3. The SMILES string of the molecule is C=CCOC(=O)N1CCC(CO[C@@H]2C[C@H](Nc3ncc(C(F)(F)F)c(-c4c[nH]c5c(S(C)(=O)=O)cccc45)n3)CN(C(=O)OCc3ccccc3)C2)CC1. The van der Waals surface area contributed by atoms with Crippen molar-refractivity contribution in [1.29, 1.82) is 0 Å². The molecule has 54 heavy (non-hydrogen) atoms. The summed E-state index contributed by atoms with van der Waals surface area (Å²) in [5.74, 6) is 0.0334. The predicted octanol–water partition coefficient (Wildman–Crippen LogP) is 6.29. The monoisotopic (exact) mass is 770 g/mol. The van der Waals surface area contributed by atoms with Gasteiger partial charge in [0.25, 0.3) is 0 Å². The van der Waals surface area contributed by atoms with Crippen LogP contribution in [0.25, 0.3) is 22.2 Å². The van der Waals surface area contributed by atoms with Crippen LogP contribution < -0.4 is 5.32 Å². The number of benzene rings is 2. The Hall–Kier alpha value is -5.16. The van der Waals surface area contributed by atoms with Gasteiger partial charge >= 0.3 is 18.4 Å². The number of carbonyl (C=O) groups is 2. The number of aromatic amines is 1. The van der Waals surface area contributed by atoms with Gasteiger partial charge in [-0.2, -0.15) is 13.2 Å². The number of fused-ring (bicyclic) bond motifs is 1. The molecule has 2 fully saturated rings. The molecule has 0 radical (unpaired) electrons. The van der Waals surface area contributed by atoms with Crippen LogP contribution in [0.5, 0.6) is 0 Å². The molecule has 0 unspecified atom stereocenters. The molecule has 2 saturated heterocycles. The molecule has 6 rings (SSSR count). The van der Waals surface area contributed by atoms with Crippen molar-refractivity contribution in [2.75, 3.05) is 51.0 Å². The Bertz CT molecular complexity index is 2070. The highest BCUT2D eigenvalue weighted by atomic mass is 32.2. The Balaban J connectivity index is 1.21. The number of alkyl halides is 3. The molecule has 2 aliphatic rings. The number of anilines is 1. The van der Waals surface area contributed by atoms with Crippen molar-refractivity contribution in [3.05, 3.63) is 84.7 Å². The van der Waals surface area contributed by atoms with Gasteiger partial charge in [-0.1, -0.05) is 55.1 Å². The van der Waals surface area contributed by atoms with Crippen molar-refractivity contribution in [3.8, 4) is 11.3 Å². The van der Waals surface area contributed by atoms with Crippen LogP contribution in [0.1, 0.15) is 30.4 Å². The molecule has 4 heterocycles. The van der Waals surface area contributed by atoms with Crippen LogP contribution in [0.4, 0.5) is 28.7 Å². The maximum Gasteiger partial charge on any atom is 0.419 e. The minimum Gasteiger partial charge on any atom is -0.445 e. The summed E-state index contributed by atoms with van der Waals surface area (Å²) < 4.78 is 84.9. The van der Waals surface area contributed by atoms with Crippen LogP contribution >= 0.6 is 0 Å². The van der Waals surface area contributed by atoms with E-state index in [1.165, 1.54) is 35.4 Å². The number of ether oxygens (including phenoxy) is 3. The summed E-state index contributed by atoms with van der Waals surface area (Å²) in [6.07, 6.45) is 0.0170. The molecule has 2 N–H and O–H groups in total. The van der Waals surface area contributed by atoms with Crippen molar-refractivity contribution in [2.45, 2.75) is 49.1 Å². The van der Waals surface area contributed by atoms with Crippen LogP contribution in [0.2, 0.25) is 0 Å². The Morgan fingerprint density at radius 3 is 2.48 bits per heavy atom. The first kappa shape index (κ1) is 38.6. The second-order valence-corrected chi connectivity index (χ2v) is 15.4. The number of hydrogen-bond donors (Lipinski definition) is 2.